The zero-order valence-electron chi connectivity index (χ0n) is 8.92. The molecular weight excluding hydrogens is 180 g/mol. The first-order valence-corrected chi connectivity index (χ1v) is 5.54. The Morgan fingerprint density at radius 3 is 2.57 bits per heavy atom. The van der Waals surface area contributed by atoms with Crippen LogP contribution < -0.4 is 0 Å². The van der Waals surface area contributed by atoms with Crippen molar-refractivity contribution < 1.29 is 14.6 Å². The number of unbranched alkanes of at least 4 members (excludes halogenated alkanes) is 2. The molecule has 0 spiro atoms. The highest BCUT2D eigenvalue weighted by Crippen LogP contribution is 2.38. The van der Waals surface area contributed by atoms with E-state index in [1.165, 1.54) is 12.8 Å². The van der Waals surface area contributed by atoms with E-state index in [-0.39, 0.29) is 12.0 Å². The van der Waals surface area contributed by atoms with Crippen LogP contribution in [0.15, 0.2) is 0 Å². The molecule has 0 aromatic heterocycles. The van der Waals surface area contributed by atoms with Gasteiger partial charge >= 0.3 is 5.97 Å². The zero-order chi connectivity index (χ0) is 10.4. The molecule has 0 saturated heterocycles. The van der Waals surface area contributed by atoms with E-state index in [4.69, 9.17) is 9.84 Å². The first-order valence-electron chi connectivity index (χ1n) is 5.54. The minimum atomic E-state index is -0.736. The van der Waals surface area contributed by atoms with E-state index >= 15 is 0 Å². The van der Waals surface area contributed by atoms with Crippen LogP contribution in [0.2, 0.25) is 0 Å². The van der Waals surface area contributed by atoms with Crippen molar-refractivity contribution in [3.05, 3.63) is 0 Å². The summed E-state index contributed by atoms with van der Waals surface area (Å²) in [4.78, 5) is 10.6. The van der Waals surface area contributed by atoms with Gasteiger partial charge < -0.3 is 9.84 Å². The van der Waals surface area contributed by atoms with Crippen LogP contribution in [0.5, 0.6) is 0 Å². The molecule has 0 amide bonds. The Balaban J connectivity index is 2.20. The van der Waals surface area contributed by atoms with Crippen LogP contribution in [0.25, 0.3) is 0 Å². The van der Waals surface area contributed by atoms with Gasteiger partial charge in [-0.2, -0.15) is 0 Å². The summed E-state index contributed by atoms with van der Waals surface area (Å²) in [5.41, 5.74) is -0.306. The Morgan fingerprint density at radius 2 is 2.14 bits per heavy atom. The highest BCUT2D eigenvalue weighted by atomic mass is 16.5. The summed E-state index contributed by atoms with van der Waals surface area (Å²) in [5.74, 6) is -0.736. The molecule has 0 atom stereocenters. The summed E-state index contributed by atoms with van der Waals surface area (Å²) in [5, 5.41) is 8.74. The van der Waals surface area contributed by atoms with Gasteiger partial charge in [0.2, 0.25) is 0 Å². The molecule has 0 aliphatic heterocycles. The molecular formula is C11H20O3. The molecule has 14 heavy (non-hydrogen) atoms. The average Bonchev–Trinajstić information content (AvgIpc) is 2.07. The van der Waals surface area contributed by atoms with Crippen molar-refractivity contribution in [1.29, 1.82) is 0 Å². The first kappa shape index (κ1) is 11.5. The molecule has 0 aromatic carbocycles. The summed E-state index contributed by atoms with van der Waals surface area (Å²) in [7, 11) is 0. The monoisotopic (exact) mass is 200 g/mol. The van der Waals surface area contributed by atoms with E-state index in [9.17, 15) is 4.79 Å². The molecule has 1 rings (SSSR count). The van der Waals surface area contributed by atoms with E-state index in [0.717, 1.165) is 32.3 Å². The molecule has 0 unspecified atom stereocenters. The molecule has 0 radical (unpaired) electrons. The molecule has 1 aliphatic carbocycles. The summed E-state index contributed by atoms with van der Waals surface area (Å²) >= 11 is 0. The lowest BCUT2D eigenvalue weighted by Crippen LogP contribution is -2.42. The van der Waals surface area contributed by atoms with Gasteiger partial charge in [-0.25, -0.2) is 0 Å². The molecule has 3 heteroatoms. The Labute approximate surface area is 85.5 Å². The molecule has 0 bridgehead atoms. The summed E-state index contributed by atoms with van der Waals surface area (Å²) in [6, 6.07) is 0. The molecule has 3 nitrogen and oxygen atoms in total. The number of carbonyl (C=O) groups is 1. The molecule has 1 saturated carbocycles. The van der Waals surface area contributed by atoms with Crippen molar-refractivity contribution in [1.82, 2.24) is 0 Å². The van der Waals surface area contributed by atoms with Crippen LogP contribution in [-0.2, 0) is 9.53 Å². The predicted octanol–water partition coefficient (Wildman–Crippen LogP) is 2.59. The van der Waals surface area contributed by atoms with E-state index in [1.807, 2.05) is 0 Å². The lowest BCUT2D eigenvalue weighted by Gasteiger charge is -2.40. The number of hydrogen-bond donors (Lipinski definition) is 1. The van der Waals surface area contributed by atoms with Gasteiger partial charge in [-0.3, -0.25) is 4.79 Å². The fourth-order valence-electron chi connectivity index (χ4n) is 1.86. The molecule has 1 N–H and O–H groups in total. The number of hydrogen-bond acceptors (Lipinski definition) is 2. The largest absolute Gasteiger partial charge is 0.481 e. The Morgan fingerprint density at radius 1 is 1.43 bits per heavy atom. The predicted molar refractivity (Wildman–Crippen MR) is 54.3 cm³/mol. The molecule has 1 fully saturated rings. The van der Waals surface area contributed by atoms with Gasteiger partial charge in [0.15, 0.2) is 0 Å². The van der Waals surface area contributed by atoms with Crippen molar-refractivity contribution in [2.75, 3.05) is 6.61 Å². The maximum Gasteiger partial charge on any atom is 0.306 e. The lowest BCUT2D eigenvalue weighted by molar-refractivity contribution is -0.154. The Kier molecular flexibility index (Phi) is 4.39. The average molecular weight is 200 g/mol. The number of carboxylic acids is 1. The third kappa shape index (κ3) is 3.29. The number of aliphatic carboxylic acids is 1. The second-order valence-electron chi connectivity index (χ2n) is 4.16. The zero-order valence-corrected chi connectivity index (χ0v) is 8.92. The van der Waals surface area contributed by atoms with Crippen LogP contribution in [0.3, 0.4) is 0 Å². The summed E-state index contributed by atoms with van der Waals surface area (Å²) in [6.45, 7) is 2.87. The molecule has 1 aliphatic rings. The summed E-state index contributed by atoms with van der Waals surface area (Å²) < 4.78 is 5.70. The first-order chi connectivity index (χ1) is 6.68. The topological polar surface area (TPSA) is 46.5 Å². The molecule has 0 aromatic rings. The summed E-state index contributed by atoms with van der Waals surface area (Å²) in [6.07, 6.45) is 6.54. The van der Waals surface area contributed by atoms with Crippen molar-refractivity contribution in [2.45, 2.75) is 57.5 Å². The van der Waals surface area contributed by atoms with Gasteiger partial charge in [0.1, 0.15) is 0 Å². The Hall–Kier alpha value is -0.570. The highest BCUT2D eigenvalue weighted by Gasteiger charge is 2.39. The van der Waals surface area contributed by atoms with E-state index in [2.05, 4.69) is 6.92 Å². The molecule has 0 heterocycles. The van der Waals surface area contributed by atoms with Crippen LogP contribution in [-0.4, -0.2) is 23.3 Å². The van der Waals surface area contributed by atoms with Gasteiger partial charge in [-0.1, -0.05) is 19.8 Å². The maximum absolute atomic E-state index is 10.6. The second kappa shape index (κ2) is 5.35. The van der Waals surface area contributed by atoms with Crippen molar-refractivity contribution >= 4 is 5.97 Å². The fourth-order valence-corrected chi connectivity index (χ4v) is 1.86. The van der Waals surface area contributed by atoms with Crippen molar-refractivity contribution in [3.63, 3.8) is 0 Å². The number of carboxylic acid groups (broad SMARTS) is 1. The minimum absolute atomic E-state index is 0.180. The molecule has 82 valence electrons. The van der Waals surface area contributed by atoms with E-state index in [0.29, 0.717) is 0 Å². The smallest absolute Gasteiger partial charge is 0.306 e. The van der Waals surface area contributed by atoms with Crippen molar-refractivity contribution in [2.24, 2.45) is 0 Å². The van der Waals surface area contributed by atoms with E-state index in [1.54, 1.807) is 0 Å². The number of ether oxygens (including phenoxy) is 1. The fraction of sp³-hybridized carbons (Fsp3) is 0.909. The normalized spacial score (nSPS) is 18.9. The van der Waals surface area contributed by atoms with Gasteiger partial charge in [-0.15, -0.1) is 0 Å². The quantitative estimate of drug-likeness (QED) is 0.642. The van der Waals surface area contributed by atoms with Crippen molar-refractivity contribution in [3.8, 4) is 0 Å². The highest BCUT2D eigenvalue weighted by molar-refractivity contribution is 5.68. The number of rotatable bonds is 7. The van der Waals surface area contributed by atoms with Gasteiger partial charge in [-0.05, 0) is 25.7 Å². The third-order valence-corrected chi connectivity index (χ3v) is 2.89. The Bertz CT molecular complexity index is 185. The SMILES string of the molecule is CCCCCOC1(CC(=O)O)CCC1. The minimum Gasteiger partial charge on any atom is -0.481 e. The van der Waals surface area contributed by atoms with Gasteiger partial charge in [0.25, 0.3) is 0 Å². The van der Waals surface area contributed by atoms with Crippen LogP contribution in [0.1, 0.15) is 51.9 Å². The maximum atomic E-state index is 10.6. The van der Waals surface area contributed by atoms with E-state index < -0.39 is 5.97 Å². The van der Waals surface area contributed by atoms with Crippen LogP contribution in [0.4, 0.5) is 0 Å². The van der Waals surface area contributed by atoms with Gasteiger partial charge in [0, 0.05) is 6.61 Å². The third-order valence-electron chi connectivity index (χ3n) is 2.89. The van der Waals surface area contributed by atoms with Crippen LogP contribution >= 0.6 is 0 Å². The standard InChI is InChI=1S/C11H20O3/c1-2-3-4-8-14-11(6-5-7-11)9-10(12)13/h2-9H2,1H3,(H,12,13). The second-order valence-corrected chi connectivity index (χ2v) is 4.16. The van der Waals surface area contributed by atoms with Crippen LogP contribution in [0, 0.1) is 0 Å². The lowest BCUT2D eigenvalue weighted by atomic mass is 9.77. The van der Waals surface area contributed by atoms with Gasteiger partial charge in [0.05, 0.1) is 12.0 Å².